The van der Waals surface area contributed by atoms with Gasteiger partial charge in [-0.2, -0.15) is 5.10 Å². The molecule has 2 aliphatic rings. The summed E-state index contributed by atoms with van der Waals surface area (Å²) in [5, 5.41) is 4.26. The normalized spacial score (nSPS) is 24.7. The molecular formula is C18H23N5O3S. The number of rotatable bonds is 4. The van der Waals surface area contributed by atoms with Crippen molar-refractivity contribution in [3.8, 4) is 0 Å². The van der Waals surface area contributed by atoms with E-state index < -0.39 is 9.84 Å². The monoisotopic (exact) mass is 389 g/mol. The number of aromatic nitrogens is 3. The van der Waals surface area contributed by atoms with E-state index in [1.165, 1.54) is 0 Å². The van der Waals surface area contributed by atoms with Gasteiger partial charge >= 0.3 is 0 Å². The summed E-state index contributed by atoms with van der Waals surface area (Å²) in [7, 11) is -3.16. The molecule has 0 aromatic carbocycles. The van der Waals surface area contributed by atoms with Crippen molar-refractivity contribution < 1.29 is 13.2 Å². The van der Waals surface area contributed by atoms with E-state index in [9.17, 15) is 13.2 Å². The van der Waals surface area contributed by atoms with Crippen LogP contribution in [0.2, 0.25) is 0 Å². The average molecular weight is 389 g/mol. The molecule has 0 saturated carbocycles. The van der Waals surface area contributed by atoms with Crippen molar-refractivity contribution in [1.82, 2.24) is 24.6 Å². The number of amides is 1. The van der Waals surface area contributed by atoms with Crippen LogP contribution in [0.25, 0.3) is 0 Å². The number of carbonyl (C=O) groups excluding carboxylic acids is 1. The number of hydrogen-bond donors (Lipinski definition) is 0. The second kappa shape index (κ2) is 7.05. The summed E-state index contributed by atoms with van der Waals surface area (Å²) >= 11 is 0. The van der Waals surface area contributed by atoms with Crippen molar-refractivity contribution in [2.75, 3.05) is 24.6 Å². The fraction of sp³-hybridized carbons (Fsp3) is 0.500. The molecule has 0 N–H and O–H groups in total. The smallest absolute Gasteiger partial charge is 0.244 e. The molecule has 0 unspecified atom stereocenters. The average Bonchev–Trinajstić information content (AvgIpc) is 3.17. The Morgan fingerprint density at radius 2 is 2.04 bits per heavy atom. The van der Waals surface area contributed by atoms with Gasteiger partial charge in [-0.25, -0.2) is 8.42 Å². The lowest BCUT2D eigenvalue weighted by molar-refractivity contribution is -0.138. The second-order valence-electron chi connectivity index (χ2n) is 7.29. The third kappa shape index (κ3) is 3.89. The van der Waals surface area contributed by atoms with Crippen LogP contribution in [0.4, 0.5) is 0 Å². The molecule has 4 rings (SSSR count). The molecule has 8 nitrogen and oxygen atoms in total. The highest BCUT2D eigenvalue weighted by Gasteiger charge is 2.47. The van der Waals surface area contributed by atoms with Crippen LogP contribution in [0.5, 0.6) is 0 Å². The molecule has 2 aromatic rings. The van der Waals surface area contributed by atoms with Crippen molar-refractivity contribution in [2.24, 2.45) is 0 Å². The van der Waals surface area contributed by atoms with E-state index in [1.807, 2.05) is 25.1 Å². The highest BCUT2D eigenvalue weighted by Crippen LogP contribution is 2.28. The maximum Gasteiger partial charge on any atom is 0.244 e. The van der Waals surface area contributed by atoms with Crippen LogP contribution >= 0.6 is 0 Å². The molecule has 2 saturated heterocycles. The molecule has 4 heterocycles. The predicted molar refractivity (Wildman–Crippen MR) is 99.6 cm³/mol. The molecular weight excluding hydrogens is 366 g/mol. The number of piperazine rings is 1. The van der Waals surface area contributed by atoms with E-state index in [2.05, 4.69) is 15.0 Å². The molecule has 1 amide bonds. The molecule has 27 heavy (non-hydrogen) atoms. The molecule has 0 bridgehead atoms. The summed E-state index contributed by atoms with van der Waals surface area (Å²) < 4.78 is 26.3. The fourth-order valence-corrected chi connectivity index (χ4v) is 6.05. The van der Waals surface area contributed by atoms with E-state index in [0.29, 0.717) is 19.6 Å². The van der Waals surface area contributed by atoms with Gasteiger partial charge < -0.3 is 4.90 Å². The summed E-state index contributed by atoms with van der Waals surface area (Å²) in [5.41, 5.74) is 1.90. The zero-order chi connectivity index (χ0) is 19.0. The lowest BCUT2D eigenvalue weighted by atomic mass is 10.0. The van der Waals surface area contributed by atoms with Gasteiger partial charge in [0, 0.05) is 44.3 Å². The van der Waals surface area contributed by atoms with Crippen LogP contribution in [0.15, 0.2) is 36.8 Å². The van der Waals surface area contributed by atoms with Crippen molar-refractivity contribution >= 4 is 15.7 Å². The minimum absolute atomic E-state index is 0.0328. The number of hydrogen-bond acceptors (Lipinski definition) is 6. The highest BCUT2D eigenvalue weighted by molar-refractivity contribution is 7.91. The first kappa shape index (κ1) is 18.1. The molecule has 2 atom stereocenters. The lowest BCUT2D eigenvalue weighted by Gasteiger charge is -2.44. The molecule has 0 radical (unpaired) electrons. The van der Waals surface area contributed by atoms with Gasteiger partial charge in [0.05, 0.1) is 23.2 Å². The first-order valence-corrected chi connectivity index (χ1v) is 10.9. The first-order valence-electron chi connectivity index (χ1n) is 9.04. The number of aryl methyl sites for hydroxylation is 1. The van der Waals surface area contributed by atoms with Crippen LogP contribution < -0.4 is 0 Å². The van der Waals surface area contributed by atoms with Gasteiger partial charge in [0.1, 0.15) is 6.54 Å². The summed E-state index contributed by atoms with van der Waals surface area (Å²) in [6.07, 6.45) is 5.30. The van der Waals surface area contributed by atoms with Crippen LogP contribution in [0.1, 0.15) is 11.3 Å². The SMILES string of the molecule is Cc1ccn(CC(=O)N2CCN(Cc3cccnc3)[C@@H]3CS(=O)(=O)C[C@@H]32)n1. The van der Waals surface area contributed by atoms with E-state index in [-0.39, 0.29) is 36.0 Å². The number of sulfone groups is 1. The zero-order valence-electron chi connectivity index (χ0n) is 15.2. The molecule has 0 spiro atoms. The summed E-state index contributed by atoms with van der Waals surface area (Å²) in [6, 6.07) is 5.24. The molecule has 2 aromatic heterocycles. The molecule has 9 heteroatoms. The van der Waals surface area contributed by atoms with Crippen molar-refractivity contribution in [3.63, 3.8) is 0 Å². The van der Waals surface area contributed by atoms with Crippen molar-refractivity contribution in [3.05, 3.63) is 48.0 Å². The van der Waals surface area contributed by atoms with Crippen LogP contribution in [0.3, 0.4) is 0 Å². The van der Waals surface area contributed by atoms with Gasteiger partial charge in [-0.05, 0) is 24.6 Å². The van der Waals surface area contributed by atoms with Gasteiger partial charge in [0.2, 0.25) is 5.91 Å². The second-order valence-corrected chi connectivity index (χ2v) is 9.44. The van der Waals surface area contributed by atoms with Crippen molar-refractivity contribution in [2.45, 2.75) is 32.1 Å². The zero-order valence-corrected chi connectivity index (χ0v) is 16.0. The first-order chi connectivity index (χ1) is 12.9. The Bertz CT molecular complexity index is 927. The standard InChI is InChI=1S/C18H23N5O3S/c1-14-4-6-22(20-14)11-18(24)23-8-7-21(10-15-3-2-5-19-9-15)16-12-27(25,26)13-17(16)23/h2-6,9,16-17H,7-8,10-13H2,1H3/t16-,17+/m1/s1. The van der Waals surface area contributed by atoms with E-state index in [4.69, 9.17) is 0 Å². The lowest BCUT2D eigenvalue weighted by Crippen LogP contribution is -2.60. The molecule has 2 fully saturated rings. The fourth-order valence-electron chi connectivity index (χ4n) is 4.04. The number of pyridine rings is 1. The van der Waals surface area contributed by atoms with Gasteiger partial charge in [-0.3, -0.25) is 19.4 Å². The topological polar surface area (TPSA) is 88.4 Å². The minimum atomic E-state index is -3.16. The summed E-state index contributed by atoms with van der Waals surface area (Å²) in [5.74, 6) is 0.0550. The highest BCUT2D eigenvalue weighted by atomic mass is 32.2. The largest absolute Gasteiger partial charge is 0.334 e. The predicted octanol–water partition coefficient (Wildman–Crippen LogP) is 0.0965. The van der Waals surface area contributed by atoms with Gasteiger partial charge in [0.25, 0.3) is 0 Å². The van der Waals surface area contributed by atoms with Crippen molar-refractivity contribution in [1.29, 1.82) is 0 Å². The van der Waals surface area contributed by atoms with Gasteiger partial charge in [-0.15, -0.1) is 0 Å². The number of fused-ring (bicyclic) bond motifs is 1. The van der Waals surface area contributed by atoms with E-state index in [0.717, 1.165) is 11.3 Å². The quantitative estimate of drug-likeness (QED) is 0.737. The summed E-state index contributed by atoms with van der Waals surface area (Å²) in [4.78, 5) is 20.9. The Labute approximate surface area is 158 Å². The third-order valence-corrected chi connectivity index (χ3v) is 6.99. The van der Waals surface area contributed by atoms with Gasteiger partial charge in [-0.1, -0.05) is 6.07 Å². The minimum Gasteiger partial charge on any atom is -0.334 e. The molecule has 144 valence electrons. The Balaban J connectivity index is 1.52. The molecule has 0 aliphatic carbocycles. The Hall–Kier alpha value is -2.26. The van der Waals surface area contributed by atoms with Crippen LogP contribution in [-0.2, 0) is 27.7 Å². The van der Waals surface area contributed by atoms with Crippen LogP contribution in [0, 0.1) is 6.92 Å². The Morgan fingerprint density at radius 1 is 1.22 bits per heavy atom. The number of carbonyl (C=O) groups is 1. The number of nitrogens with zero attached hydrogens (tertiary/aromatic N) is 5. The van der Waals surface area contributed by atoms with Gasteiger partial charge in [0.15, 0.2) is 9.84 Å². The van der Waals surface area contributed by atoms with E-state index in [1.54, 1.807) is 28.2 Å². The van der Waals surface area contributed by atoms with Crippen LogP contribution in [-0.4, -0.2) is 75.6 Å². The maximum atomic E-state index is 12.8. The summed E-state index contributed by atoms with van der Waals surface area (Å²) in [6.45, 7) is 3.83. The maximum absolute atomic E-state index is 12.8. The molecule has 2 aliphatic heterocycles. The van der Waals surface area contributed by atoms with E-state index >= 15 is 0 Å². The Morgan fingerprint density at radius 3 is 2.74 bits per heavy atom. The third-order valence-electron chi connectivity index (χ3n) is 5.29. The Kier molecular flexibility index (Phi) is 4.73.